The summed E-state index contributed by atoms with van der Waals surface area (Å²) in [4.78, 5) is 28.2. The lowest BCUT2D eigenvalue weighted by molar-refractivity contribution is -0.139. The van der Waals surface area contributed by atoms with Gasteiger partial charge in [-0.2, -0.15) is 0 Å². The number of amides is 2. The van der Waals surface area contributed by atoms with E-state index in [0.717, 1.165) is 47.4 Å². The van der Waals surface area contributed by atoms with E-state index in [1.54, 1.807) is 32.0 Å². The van der Waals surface area contributed by atoms with Crippen LogP contribution in [0.25, 0.3) is 0 Å². The van der Waals surface area contributed by atoms with Gasteiger partial charge in [0.1, 0.15) is 12.6 Å². The third-order valence-electron chi connectivity index (χ3n) is 6.45. The molecule has 0 heterocycles. The van der Waals surface area contributed by atoms with Crippen LogP contribution in [-0.2, 0) is 26.2 Å². The summed E-state index contributed by atoms with van der Waals surface area (Å²) in [6.07, 6.45) is 5.09. The number of nitrogens with zero attached hydrogens (tertiary/aromatic N) is 2. The predicted octanol–water partition coefficient (Wildman–Crippen LogP) is 4.20. The summed E-state index contributed by atoms with van der Waals surface area (Å²) in [6.45, 7) is 5.17. The van der Waals surface area contributed by atoms with Gasteiger partial charge in [0.05, 0.1) is 11.9 Å². The molecule has 1 N–H and O–H groups in total. The summed E-state index contributed by atoms with van der Waals surface area (Å²) in [7, 11) is -3.78. The molecular formula is C26H34ClN3O4S. The number of benzene rings is 2. The highest BCUT2D eigenvalue weighted by molar-refractivity contribution is 7.92. The average molecular weight is 520 g/mol. The molecule has 3 rings (SSSR count). The van der Waals surface area contributed by atoms with E-state index < -0.39 is 28.5 Å². The van der Waals surface area contributed by atoms with Crippen LogP contribution in [0, 0.1) is 13.8 Å². The highest BCUT2D eigenvalue weighted by Gasteiger charge is 2.31. The first-order valence-corrected chi connectivity index (χ1v) is 14.1. The largest absolute Gasteiger partial charge is 0.352 e. The molecule has 0 unspecified atom stereocenters. The molecule has 1 atom stereocenters. The summed E-state index contributed by atoms with van der Waals surface area (Å²) in [5, 5.41) is 3.54. The quantitative estimate of drug-likeness (QED) is 0.538. The van der Waals surface area contributed by atoms with E-state index in [4.69, 9.17) is 11.6 Å². The van der Waals surface area contributed by atoms with Gasteiger partial charge in [-0.05, 0) is 62.9 Å². The number of anilines is 1. The van der Waals surface area contributed by atoms with Crippen LogP contribution in [0.15, 0.2) is 42.5 Å². The zero-order chi connectivity index (χ0) is 25.8. The van der Waals surface area contributed by atoms with Gasteiger partial charge in [0, 0.05) is 17.6 Å². The molecule has 190 valence electrons. The predicted molar refractivity (Wildman–Crippen MR) is 140 cm³/mol. The van der Waals surface area contributed by atoms with Crippen LogP contribution < -0.4 is 9.62 Å². The second kappa shape index (κ2) is 11.4. The van der Waals surface area contributed by atoms with Gasteiger partial charge in [-0.3, -0.25) is 13.9 Å². The van der Waals surface area contributed by atoms with Crippen molar-refractivity contribution in [1.82, 2.24) is 10.2 Å². The van der Waals surface area contributed by atoms with Crippen LogP contribution in [0.2, 0.25) is 5.02 Å². The standard InChI is InChI=1S/C26H34ClN3O4S/c1-18-9-11-21(12-10-18)16-29(20(3)26(32)28-23-7-5-6-8-23)25(31)17-30(35(4,33)34)24-14-13-22(27)15-19(24)2/h9-15,20,23H,5-8,16-17H2,1-4H3,(H,28,32)/t20-/m1/s1. The number of carbonyl (C=O) groups is 2. The second-order valence-electron chi connectivity index (χ2n) is 9.37. The molecule has 2 aromatic rings. The van der Waals surface area contributed by atoms with E-state index in [1.807, 2.05) is 31.2 Å². The number of hydrogen-bond acceptors (Lipinski definition) is 4. The van der Waals surface area contributed by atoms with E-state index in [-0.39, 0.29) is 18.5 Å². The summed E-state index contributed by atoms with van der Waals surface area (Å²) in [5.74, 6) is -0.689. The van der Waals surface area contributed by atoms with Gasteiger partial charge in [0.2, 0.25) is 21.8 Å². The summed E-state index contributed by atoms with van der Waals surface area (Å²) in [6, 6.07) is 11.9. The van der Waals surface area contributed by atoms with Crippen LogP contribution in [0.1, 0.15) is 49.3 Å². The van der Waals surface area contributed by atoms with E-state index in [0.29, 0.717) is 16.3 Å². The first-order valence-electron chi connectivity index (χ1n) is 11.8. The fourth-order valence-corrected chi connectivity index (χ4v) is 5.49. The van der Waals surface area contributed by atoms with Gasteiger partial charge in [0.15, 0.2) is 0 Å². The molecule has 0 aromatic heterocycles. The average Bonchev–Trinajstić information content (AvgIpc) is 3.29. The molecular weight excluding hydrogens is 486 g/mol. The first-order chi connectivity index (χ1) is 16.5. The Kier molecular flexibility index (Phi) is 8.83. The van der Waals surface area contributed by atoms with Crippen molar-refractivity contribution in [2.45, 2.75) is 65.1 Å². The van der Waals surface area contributed by atoms with E-state index in [2.05, 4.69) is 5.32 Å². The van der Waals surface area contributed by atoms with Crippen molar-refractivity contribution in [3.05, 3.63) is 64.2 Å². The number of aryl methyl sites for hydroxylation is 2. The highest BCUT2D eigenvalue weighted by Crippen LogP contribution is 2.26. The third kappa shape index (κ3) is 7.21. The second-order valence-corrected chi connectivity index (χ2v) is 11.7. The molecule has 1 aliphatic rings. The summed E-state index contributed by atoms with van der Waals surface area (Å²) in [5.41, 5.74) is 2.95. The monoisotopic (exact) mass is 519 g/mol. The van der Waals surface area contributed by atoms with E-state index >= 15 is 0 Å². The van der Waals surface area contributed by atoms with Crippen molar-refractivity contribution in [3.8, 4) is 0 Å². The molecule has 0 aliphatic heterocycles. The Morgan fingerprint density at radius 1 is 1.09 bits per heavy atom. The SMILES string of the molecule is Cc1ccc(CN(C(=O)CN(c2ccc(Cl)cc2C)S(C)(=O)=O)[C@H](C)C(=O)NC2CCCC2)cc1. The Balaban J connectivity index is 1.89. The van der Waals surface area contributed by atoms with E-state index in [9.17, 15) is 18.0 Å². The number of nitrogens with one attached hydrogen (secondary N) is 1. The lowest BCUT2D eigenvalue weighted by Gasteiger charge is -2.32. The lowest BCUT2D eigenvalue weighted by atomic mass is 10.1. The fraction of sp³-hybridized carbons (Fsp3) is 0.462. The Labute approximate surface area is 213 Å². The molecule has 35 heavy (non-hydrogen) atoms. The maximum absolute atomic E-state index is 13.6. The van der Waals surface area contributed by atoms with Crippen molar-refractivity contribution in [2.24, 2.45) is 0 Å². The molecule has 1 aliphatic carbocycles. The molecule has 2 amide bonds. The summed E-state index contributed by atoms with van der Waals surface area (Å²) >= 11 is 6.05. The van der Waals surface area contributed by atoms with Crippen LogP contribution in [0.5, 0.6) is 0 Å². The number of halogens is 1. The Hall–Kier alpha value is -2.58. The lowest BCUT2D eigenvalue weighted by Crippen LogP contribution is -2.52. The van der Waals surface area contributed by atoms with Crippen LogP contribution in [0.3, 0.4) is 0 Å². The minimum absolute atomic E-state index is 0.116. The van der Waals surface area contributed by atoms with Crippen molar-refractivity contribution < 1.29 is 18.0 Å². The van der Waals surface area contributed by atoms with Crippen LogP contribution in [0.4, 0.5) is 5.69 Å². The summed E-state index contributed by atoms with van der Waals surface area (Å²) < 4.78 is 26.5. The highest BCUT2D eigenvalue weighted by atomic mass is 35.5. The molecule has 0 bridgehead atoms. The van der Waals surface area contributed by atoms with Crippen molar-refractivity contribution in [2.75, 3.05) is 17.1 Å². The molecule has 1 fully saturated rings. The normalized spacial score (nSPS) is 15.0. The van der Waals surface area contributed by atoms with Gasteiger partial charge in [-0.1, -0.05) is 54.3 Å². The molecule has 2 aromatic carbocycles. The zero-order valence-electron chi connectivity index (χ0n) is 20.8. The molecule has 0 radical (unpaired) electrons. The van der Waals surface area contributed by atoms with Gasteiger partial charge in [-0.15, -0.1) is 0 Å². The number of hydrogen-bond donors (Lipinski definition) is 1. The maximum atomic E-state index is 13.6. The van der Waals surface area contributed by atoms with Gasteiger partial charge >= 0.3 is 0 Å². The fourth-order valence-electron chi connectivity index (χ4n) is 4.36. The van der Waals surface area contributed by atoms with Crippen LogP contribution in [-0.4, -0.2) is 50.0 Å². The minimum atomic E-state index is -3.78. The topological polar surface area (TPSA) is 86.8 Å². The maximum Gasteiger partial charge on any atom is 0.244 e. The Morgan fingerprint density at radius 3 is 2.29 bits per heavy atom. The van der Waals surface area contributed by atoms with Crippen LogP contribution >= 0.6 is 11.6 Å². The molecule has 1 saturated carbocycles. The zero-order valence-corrected chi connectivity index (χ0v) is 22.3. The number of sulfonamides is 1. The van der Waals surface area contributed by atoms with Crippen molar-refractivity contribution in [3.63, 3.8) is 0 Å². The Bertz CT molecular complexity index is 1160. The minimum Gasteiger partial charge on any atom is -0.352 e. The van der Waals surface area contributed by atoms with Gasteiger partial charge in [-0.25, -0.2) is 8.42 Å². The molecule has 0 saturated heterocycles. The molecule has 9 heteroatoms. The molecule has 0 spiro atoms. The van der Waals surface area contributed by atoms with E-state index in [1.165, 1.54) is 4.90 Å². The first kappa shape index (κ1) is 27.0. The number of rotatable bonds is 9. The van der Waals surface area contributed by atoms with Crippen molar-refractivity contribution >= 4 is 39.1 Å². The smallest absolute Gasteiger partial charge is 0.244 e. The Morgan fingerprint density at radius 2 is 1.71 bits per heavy atom. The van der Waals surface area contributed by atoms with Crippen molar-refractivity contribution in [1.29, 1.82) is 0 Å². The van der Waals surface area contributed by atoms with Gasteiger partial charge in [0.25, 0.3) is 0 Å². The molecule has 7 nitrogen and oxygen atoms in total. The third-order valence-corrected chi connectivity index (χ3v) is 7.81. The van der Waals surface area contributed by atoms with Gasteiger partial charge < -0.3 is 10.2 Å². The number of carbonyl (C=O) groups excluding carboxylic acids is 2.